The zero-order valence-corrected chi connectivity index (χ0v) is 11.9. The van der Waals surface area contributed by atoms with Crippen molar-refractivity contribution in [3.05, 3.63) is 28.8 Å². The highest BCUT2D eigenvalue weighted by molar-refractivity contribution is 6.30. The Morgan fingerprint density at radius 3 is 2.62 bits per heavy atom. The highest BCUT2D eigenvalue weighted by Crippen LogP contribution is 2.23. The first-order chi connectivity index (χ1) is 9.83. The number of hydrogen-bond acceptors (Lipinski definition) is 3. The van der Waals surface area contributed by atoms with E-state index in [4.69, 9.17) is 21.4 Å². The average molecular weight is 322 g/mol. The number of methoxy groups -OCH3 is 1. The third-order valence-corrected chi connectivity index (χ3v) is 2.88. The Morgan fingerprint density at radius 1 is 1.43 bits per heavy atom. The molecule has 1 aromatic rings. The lowest BCUT2D eigenvalue weighted by Crippen LogP contribution is -2.42. The van der Waals surface area contributed by atoms with Crippen LogP contribution in [0.5, 0.6) is 5.75 Å². The van der Waals surface area contributed by atoms with E-state index in [0.29, 0.717) is 16.3 Å². The predicted molar refractivity (Wildman–Crippen MR) is 71.9 cm³/mol. The number of carboxylic acid groups (broad SMARTS) is 1. The maximum Gasteiger partial charge on any atom is 0.326 e. The summed E-state index contributed by atoms with van der Waals surface area (Å²) in [6, 6.07) is 2.97. The number of benzene rings is 1. The van der Waals surface area contributed by atoms with Crippen molar-refractivity contribution < 1.29 is 28.2 Å². The van der Waals surface area contributed by atoms with Gasteiger partial charge in [-0.25, -0.2) is 13.6 Å². The molecule has 1 unspecified atom stereocenters. The van der Waals surface area contributed by atoms with Crippen molar-refractivity contribution >= 4 is 23.5 Å². The zero-order valence-electron chi connectivity index (χ0n) is 11.1. The van der Waals surface area contributed by atoms with Crippen LogP contribution in [0.4, 0.5) is 8.78 Å². The first-order valence-corrected chi connectivity index (χ1v) is 6.34. The molecule has 1 amide bonds. The summed E-state index contributed by atoms with van der Waals surface area (Å²) in [5.74, 6) is -1.82. The molecule has 1 rings (SSSR count). The third-order valence-electron chi connectivity index (χ3n) is 2.64. The van der Waals surface area contributed by atoms with Crippen LogP contribution in [0.25, 0.3) is 0 Å². The number of ether oxygens (including phenoxy) is 1. The summed E-state index contributed by atoms with van der Waals surface area (Å²) in [6.45, 7) is 0. The molecule has 0 saturated heterocycles. The van der Waals surface area contributed by atoms with Gasteiger partial charge in [0, 0.05) is 17.0 Å². The minimum Gasteiger partial charge on any atom is -0.496 e. The Hall–Kier alpha value is -1.89. The summed E-state index contributed by atoms with van der Waals surface area (Å²) >= 11 is 5.80. The van der Waals surface area contributed by atoms with Crippen LogP contribution in [0.2, 0.25) is 5.02 Å². The molecule has 0 heterocycles. The van der Waals surface area contributed by atoms with Crippen LogP contribution in [0.1, 0.15) is 12.0 Å². The minimum absolute atomic E-state index is 0.225. The standard InChI is InChI=1S/C13H14ClF2NO4/c1-21-10-3-2-8(14)4-7(10)5-12(18)17-9(13(19)20)6-11(15)16/h2-4,9,11H,5-6H2,1H3,(H,17,18)(H,19,20). The van der Waals surface area contributed by atoms with Crippen LogP contribution < -0.4 is 10.1 Å². The molecule has 5 nitrogen and oxygen atoms in total. The molecule has 0 spiro atoms. The third kappa shape index (κ3) is 5.55. The first kappa shape index (κ1) is 17.2. The van der Waals surface area contributed by atoms with Gasteiger partial charge in [-0.2, -0.15) is 0 Å². The highest BCUT2D eigenvalue weighted by atomic mass is 35.5. The number of carboxylic acids is 1. The number of hydrogen-bond donors (Lipinski definition) is 2. The molecule has 116 valence electrons. The monoisotopic (exact) mass is 321 g/mol. The lowest BCUT2D eigenvalue weighted by molar-refractivity contribution is -0.142. The van der Waals surface area contributed by atoms with Crippen LogP contribution >= 0.6 is 11.6 Å². The number of carbonyl (C=O) groups excluding carboxylic acids is 1. The van der Waals surface area contributed by atoms with E-state index >= 15 is 0 Å². The van der Waals surface area contributed by atoms with Crippen molar-refractivity contribution in [1.29, 1.82) is 0 Å². The van der Waals surface area contributed by atoms with Crippen LogP contribution in [0, 0.1) is 0 Å². The van der Waals surface area contributed by atoms with Gasteiger partial charge in [0.15, 0.2) is 0 Å². The van der Waals surface area contributed by atoms with Gasteiger partial charge >= 0.3 is 5.97 Å². The van der Waals surface area contributed by atoms with Gasteiger partial charge in [-0.1, -0.05) is 11.6 Å². The second kappa shape index (κ2) is 7.78. The van der Waals surface area contributed by atoms with Crippen molar-refractivity contribution in [2.75, 3.05) is 7.11 Å². The Balaban J connectivity index is 2.76. The van der Waals surface area contributed by atoms with Crippen molar-refractivity contribution in [3.8, 4) is 5.75 Å². The topological polar surface area (TPSA) is 75.6 Å². The van der Waals surface area contributed by atoms with Gasteiger partial charge < -0.3 is 15.2 Å². The molecule has 0 aliphatic rings. The maximum atomic E-state index is 12.2. The minimum atomic E-state index is -2.83. The molecule has 0 radical (unpaired) electrons. The fraction of sp³-hybridized carbons (Fsp3) is 0.385. The molecular weight excluding hydrogens is 308 g/mol. The van der Waals surface area contributed by atoms with Gasteiger partial charge in [0.1, 0.15) is 11.8 Å². The number of aliphatic carboxylic acids is 1. The largest absolute Gasteiger partial charge is 0.496 e. The SMILES string of the molecule is COc1ccc(Cl)cc1CC(=O)NC(CC(F)F)C(=O)O. The molecule has 0 aliphatic carbocycles. The van der Waals surface area contributed by atoms with Crippen molar-refractivity contribution in [3.63, 3.8) is 0 Å². The normalized spacial score (nSPS) is 12.0. The molecule has 2 N–H and O–H groups in total. The summed E-state index contributed by atoms with van der Waals surface area (Å²) in [5.41, 5.74) is 0.434. The molecule has 0 saturated carbocycles. The van der Waals surface area contributed by atoms with Gasteiger partial charge in [-0.3, -0.25) is 4.79 Å². The smallest absolute Gasteiger partial charge is 0.326 e. The van der Waals surface area contributed by atoms with E-state index in [0.717, 1.165) is 0 Å². The van der Waals surface area contributed by atoms with E-state index in [9.17, 15) is 18.4 Å². The Kier molecular flexibility index (Phi) is 6.36. The van der Waals surface area contributed by atoms with E-state index < -0.39 is 30.8 Å². The molecule has 1 atom stereocenters. The summed E-state index contributed by atoms with van der Waals surface area (Å²) in [6.07, 6.45) is -4.00. The number of carbonyl (C=O) groups is 2. The quantitative estimate of drug-likeness (QED) is 0.806. The molecular formula is C13H14ClF2NO4. The van der Waals surface area contributed by atoms with Gasteiger partial charge in [0.25, 0.3) is 0 Å². The molecule has 0 aliphatic heterocycles. The van der Waals surface area contributed by atoms with E-state index in [1.54, 1.807) is 12.1 Å². The van der Waals surface area contributed by atoms with Crippen molar-refractivity contribution in [2.24, 2.45) is 0 Å². The fourth-order valence-corrected chi connectivity index (χ4v) is 1.90. The Labute approximate surface area is 124 Å². The number of halogens is 3. The number of rotatable bonds is 7. The number of alkyl halides is 2. The summed E-state index contributed by atoms with van der Waals surface area (Å²) in [7, 11) is 1.40. The highest BCUT2D eigenvalue weighted by Gasteiger charge is 2.24. The van der Waals surface area contributed by atoms with E-state index in [1.165, 1.54) is 13.2 Å². The van der Waals surface area contributed by atoms with Crippen molar-refractivity contribution in [1.82, 2.24) is 5.32 Å². The maximum absolute atomic E-state index is 12.2. The number of amides is 1. The van der Waals surface area contributed by atoms with Gasteiger partial charge in [0.05, 0.1) is 13.5 Å². The lowest BCUT2D eigenvalue weighted by atomic mass is 10.1. The second-order valence-corrected chi connectivity index (χ2v) is 4.65. The first-order valence-electron chi connectivity index (χ1n) is 5.96. The molecule has 21 heavy (non-hydrogen) atoms. The zero-order chi connectivity index (χ0) is 16.0. The van der Waals surface area contributed by atoms with Crippen LogP contribution in [0.15, 0.2) is 18.2 Å². The van der Waals surface area contributed by atoms with Crippen LogP contribution in [-0.4, -0.2) is 36.6 Å². The summed E-state index contributed by atoms with van der Waals surface area (Å²) in [4.78, 5) is 22.6. The average Bonchev–Trinajstić information content (AvgIpc) is 2.37. The fourth-order valence-electron chi connectivity index (χ4n) is 1.70. The lowest BCUT2D eigenvalue weighted by Gasteiger charge is -2.15. The van der Waals surface area contributed by atoms with Crippen LogP contribution in [-0.2, 0) is 16.0 Å². The second-order valence-electron chi connectivity index (χ2n) is 4.22. The van der Waals surface area contributed by atoms with Crippen LogP contribution in [0.3, 0.4) is 0 Å². The predicted octanol–water partition coefficient (Wildman–Crippen LogP) is 2.12. The van der Waals surface area contributed by atoms with Gasteiger partial charge in [-0.05, 0) is 18.2 Å². The van der Waals surface area contributed by atoms with Gasteiger partial charge in [0.2, 0.25) is 12.3 Å². The molecule has 0 bridgehead atoms. The molecule has 0 aromatic heterocycles. The van der Waals surface area contributed by atoms with E-state index in [2.05, 4.69) is 0 Å². The molecule has 1 aromatic carbocycles. The number of nitrogens with one attached hydrogen (secondary N) is 1. The molecule has 8 heteroatoms. The Morgan fingerprint density at radius 2 is 2.10 bits per heavy atom. The van der Waals surface area contributed by atoms with Crippen molar-refractivity contribution in [2.45, 2.75) is 25.3 Å². The van der Waals surface area contributed by atoms with Gasteiger partial charge in [-0.15, -0.1) is 0 Å². The van der Waals surface area contributed by atoms with E-state index in [-0.39, 0.29) is 6.42 Å². The molecule has 0 fully saturated rings. The Bertz CT molecular complexity index is 525. The summed E-state index contributed by atoms with van der Waals surface area (Å²) in [5, 5.41) is 11.2. The van der Waals surface area contributed by atoms with E-state index in [1.807, 2.05) is 5.32 Å². The summed E-state index contributed by atoms with van der Waals surface area (Å²) < 4.78 is 29.5.